The zero-order chi connectivity index (χ0) is 19.6. The minimum atomic E-state index is 0.146. The molecule has 0 radical (unpaired) electrons. The van der Waals surface area contributed by atoms with Crippen LogP contribution in [0.2, 0.25) is 0 Å². The van der Waals surface area contributed by atoms with Gasteiger partial charge in [0.2, 0.25) is 0 Å². The van der Waals surface area contributed by atoms with Gasteiger partial charge < -0.3 is 9.47 Å². The van der Waals surface area contributed by atoms with E-state index in [-0.39, 0.29) is 8.89 Å². The predicted octanol–water partition coefficient (Wildman–Crippen LogP) is 5.26. The third-order valence-electron chi connectivity index (χ3n) is 4.47. The molecule has 2 saturated heterocycles. The average Bonchev–Trinajstić information content (AvgIpc) is 2.73. The van der Waals surface area contributed by atoms with E-state index in [1.165, 1.54) is 58.3 Å². The van der Waals surface area contributed by atoms with Gasteiger partial charge in [0.1, 0.15) is 0 Å². The third-order valence-corrected chi connectivity index (χ3v) is 12.8. The molecule has 12 heteroatoms. The van der Waals surface area contributed by atoms with E-state index in [0.717, 1.165) is 39.0 Å². The summed E-state index contributed by atoms with van der Waals surface area (Å²) in [5.74, 6) is 0. The lowest BCUT2D eigenvalue weighted by molar-refractivity contribution is 0.0775. The van der Waals surface area contributed by atoms with E-state index in [9.17, 15) is 9.59 Å². The SMILES string of the molecule is O=C(SSC1CCCCC1SSC(=O)SN1CCOCC1)SN1CCOCC1. The lowest BCUT2D eigenvalue weighted by atomic mass is 10.00. The number of rotatable bonds is 6. The largest absolute Gasteiger partial charge is 0.379 e. The number of ether oxygens (including phenoxy) is 2. The standard InChI is InChI=1S/C16H26N2O4S6/c19-15(23-17-5-9-21-10-6-17)27-25-13-3-1-2-4-14(13)26-28-16(20)24-18-7-11-22-12-8-18/h13-14H,1-12H2. The zero-order valence-electron chi connectivity index (χ0n) is 15.6. The highest BCUT2D eigenvalue weighted by Crippen LogP contribution is 2.47. The van der Waals surface area contributed by atoms with Crippen LogP contribution in [0.3, 0.4) is 0 Å². The number of carbonyl (C=O) groups is 2. The van der Waals surface area contributed by atoms with Crippen molar-refractivity contribution in [2.75, 3.05) is 52.6 Å². The van der Waals surface area contributed by atoms with E-state index in [1.54, 1.807) is 21.6 Å². The van der Waals surface area contributed by atoms with E-state index in [4.69, 9.17) is 9.47 Å². The van der Waals surface area contributed by atoms with E-state index in [1.807, 2.05) is 0 Å². The van der Waals surface area contributed by atoms with Crippen molar-refractivity contribution in [3.05, 3.63) is 0 Å². The Morgan fingerprint density at radius 1 is 0.679 bits per heavy atom. The second-order valence-corrected chi connectivity index (χ2v) is 14.0. The maximum atomic E-state index is 12.3. The summed E-state index contributed by atoms with van der Waals surface area (Å²) in [5.41, 5.74) is 0. The summed E-state index contributed by atoms with van der Waals surface area (Å²) in [6.45, 7) is 6.04. The fourth-order valence-electron chi connectivity index (χ4n) is 3.00. The quantitative estimate of drug-likeness (QED) is 0.351. The van der Waals surface area contributed by atoms with Gasteiger partial charge in [0.25, 0.3) is 8.89 Å². The van der Waals surface area contributed by atoms with Crippen LogP contribution in [0.15, 0.2) is 0 Å². The molecule has 2 aliphatic heterocycles. The Kier molecular flexibility index (Phi) is 11.7. The lowest BCUT2D eigenvalue weighted by Crippen LogP contribution is -2.31. The number of hydrogen-bond acceptors (Lipinski definition) is 12. The van der Waals surface area contributed by atoms with Crippen molar-refractivity contribution in [3.8, 4) is 0 Å². The number of hydrogen-bond donors (Lipinski definition) is 0. The Morgan fingerprint density at radius 3 is 1.46 bits per heavy atom. The van der Waals surface area contributed by atoms with Crippen molar-refractivity contribution in [1.82, 2.24) is 8.61 Å². The lowest BCUT2D eigenvalue weighted by Gasteiger charge is -2.30. The van der Waals surface area contributed by atoms with Crippen LogP contribution >= 0.6 is 67.1 Å². The molecule has 0 amide bonds. The summed E-state index contributed by atoms with van der Waals surface area (Å²) >= 11 is 2.64. The van der Waals surface area contributed by atoms with E-state index < -0.39 is 0 Å². The predicted molar refractivity (Wildman–Crippen MR) is 127 cm³/mol. The van der Waals surface area contributed by atoms with Gasteiger partial charge in [0.05, 0.1) is 26.4 Å². The molecule has 2 unspecified atom stereocenters. The summed E-state index contributed by atoms with van der Waals surface area (Å²) in [7, 11) is 6.13. The first kappa shape index (κ1) is 23.9. The number of nitrogens with zero attached hydrogens (tertiary/aromatic N) is 2. The van der Waals surface area contributed by atoms with Crippen LogP contribution in [0.25, 0.3) is 0 Å². The monoisotopic (exact) mass is 502 g/mol. The van der Waals surface area contributed by atoms with Crippen molar-refractivity contribution in [1.29, 1.82) is 0 Å². The molecule has 0 spiro atoms. The van der Waals surface area contributed by atoms with Gasteiger partial charge in [0.15, 0.2) is 0 Å². The molecular formula is C16H26N2O4S6. The van der Waals surface area contributed by atoms with Crippen LogP contribution in [0.1, 0.15) is 25.7 Å². The Bertz CT molecular complexity index is 462. The smallest absolute Gasteiger partial charge is 0.271 e. The summed E-state index contributed by atoms with van der Waals surface area (Å²) in [5, 5.41) is 0.846. The first-order chi connectivity index (χ1) is 13.7. The van der Waals surface area contributed by atoms with Gasteiger partial charge in [0, 0.05) is 60.6 Å². The van der Waals surface area contributed by atoms with Crippen molar-refractivity contribution < 1.29 is 19.1 Å². The Labute approximate surface area is 191 Å². The Hall–Kier alpha value is 1.28. The van der Waals surface area contributed by atoms with Crippen molar-refractivity contribution >= 4 is 76.0 Å². The van der Waals surface area contributed by atoms with E-state index in [0.29, 0.717) is 36.9 Å². The summed E-state index contributed by atoms with van der Waals surface area (Å²) in [6, 6.07) is 0. The molecule has 2 atom stereocenters. The molecular weight excluding hydrogens is 477 g/mol. The van der Waals surface area contributed by atoms with E-state index >= 15 is 0 Å². The maximum absolute atomic E-state index is 12.3. The zero-order valence-corrected chi connectivity index (χ0v) is 20.5. The van der Waals surface area contributed by atoms with Crippen molar-refractivity contribution in [2.24, 2.45) is 0 Å². The van der Waals surface area contributed by atoms with Crippen LogP contribution in [-0.2, 0) is 9.47 Å². The molecule has 0 bridgehead atoms. The second kappa shape index (κ2) is 13.6. The first-order valence-electron chi connectivity index (χ1n) is 9.46. The molecule has 28 heavy (non-hydrogen) atoms. The van der Waals surface area contributed by atoms with Crippen molar-refractivity contribution in [2.45, 2.75) is 36.2 Å². The third kappa shape index (κ3) is 8.80. The molecule has 6 nitrogen and oxygen atoms in total. The maximum Gasteiger partial charge on any atom is 0.271 e. The fraction of sp³-hybridized carbons (Fsp3) is 0.875. The minimum absolute atomic E-state index is 0.146. The van der Waals surface area contributed by atoms with Gasteiger partial charge in [-0.15, -0.1) is 0 Å². The van der Waals surface area contributed by atoms with Gasteiger partial charge >= 0.3 is 0 Å². The average molecular weight is 503 g/mol. The molecule has 0 aromatic rings. The molecule has 160 valence electrons. The number of morpholine rings is 2. The Balaban J connectivity index is 1.35. The molecule has 2 heterocycles. The van der Waals surface area contributed by atoms with Gasteiger partial charge in [-0.1, -0.05) is 34.4 Å². The van der Waals surface area contributed by atoms with Crippen LogP contribution in [0.4, 0.5) is 9.59 Å². The number of carbonyl (C=O) groups excluding carboxylic acids is 2. The highest BCUT2D eigenvalue weighted by Gasteiger charge is 2.29. The highest BCUT2D eigenvalue weighted by atomic mass is 33.1. The molecule has 3 rings (SSSR count). The normalized spacial score (nSPS) is 27.6. The van der Waals surface area contributed by atoms with Crippen LogP contribution in [-0.4, -0.2) is 80.6 Å². The molecule has 1 saturated carbocycles. The molecule has 0 N–H and O–H groups in total. The molecule has 0 aromatic heterocycles. The molecule has 3 fully saturated rings. The summed E-state index contributed by atoms with van der Waals surface area (Å²) in [6.07, 6.45) is 4.66. The van der Waals surface area contributed by atoms with Gasteiger partial charge in [-0.05, 0) is 34.4 Å². The fourth-order valence-corrected chi connectivity index (χ4v) is 11.0. The Morgan fingerprint density at radius 2 is 1.07 bits per heavy atom. The van der Waals surface area contributed by atoms with Gasteiger partial charge in [-0.2, -0.15) is 0 Å². The van der Waals surface area contributed by atoms with E-state index in [2.05, 4.69) is 8.61 Å². The van der Waals surface area contributed by atoms with Gasteiger partial charge in [-0.25, -0.2) is 8.61 Å². The van der Waals surface area contributed by atoms with Gasteiger partial charge in [-0.3, -0.25) is 9.59 Å². The second-order valence-electron chi connectivity index (χ2n) is 6.49. The first-order valence-corrected chi connectivity index (χ1v) is 15.4. The van der Waals surface area contributed by atoms with Crippen molar-refractivity contribution in [3.63, 3.8) is 0 Å². The van der Waals surface area contributed by atoms with Crippen LogP contribution < -0.4 is 0 Å². The topological polar surface area (TPSA) is 59.1 Å². The molecule has 0 aromatic carbocycles. The minimum Gasteiger partial charge on any atom is -0.379 e. The molecule has 1 aliphatic carbocycles. The van der Waals surface area contributed by atoms with Crippen LogP contribution in [0.5, 0.6) is 0 Å². The summed E-state index contributed by atoms with van der Waals surface area (Å²) in [4.78, 5) is 24.6. The van der Waals surface area contributed by atoms with Crippen LogP contribution in [0, 0.1) is 0 Å². The summed E-state index contributed by atoms with van der Waals surface area (Å²) < 4.78 is 15.1. The highest BCUT2D eigenvalue weighted by molar-refractivity contribution is 8.87. The molecule has 3 aliphatic rings.